The van der Waals surface area contributed by atoms with Gasteiger partial charge >= 0.3 is 6.03 Å². The Morgan fingerprint density at radius 3 is 2.80 bits per heavy atom. The van der Waals surface area contributed by atoms with Crippen LogP contribution in [-0.2, 0) is 0 Å². The molecule has 0 radical (unpaired) electrons. The number of aromatic hydroxyl groups is 1. The summed E-state index contributed by atoms with van der Waals surface area (Å²) in [6, 6.07) is 8.84. The third-order valence-corrected chi connectivity index (χ3v) is 5.54. The normalized spacial score (nSPS) is 23.3. The third kappa shape index (κ3) is 3.18. The molecule has 0 aliphatic heterocycles. The van der Waals surface area contributed by atoms with Crippen molar-refractivity contribution in [3.63, 3.8) is 0 Å². The van der Waals surface area contributed by atoms with Crippen LogP contribution in [0.15, 0.2) is 55.0 Å². The summed E-state index contributed by atoms with van der Waals surface area (Å²) in [6.07, 6.45) is 3.68. The number of carbonyl (C=O) groups excluding carboxylic acids is 1. The maximum atomic E-state index is 13.7. The van der Waals surface area contributed by atoms with E-state index in [4.69, 9.17) is 4.74 Å². The molecule has 9 heteroatoms. The number of carbonyl (C=O) groups is 1. The lowest BCUT2D eigenvalue weighted by atomic mass is 10.00. The number of ether oxygens (including phenoxy) is 1. The number of benzene rings is 2. The van der Waals surface area contributed by atoms with Crippen molar-refractivity contribution in [1.29, 1.82) is 0 Å². The first kappa shape index (κ1) is 18.3. The van der Waals surface area contributed by atoms with Gasteiger partial charge in [-0.3, -0.25) is 0 Å². The Balaban J connectivity index is 1.28. The van der Waals surface area contributed by atoms with Crippen molar-refractivity contribution >= 4 is 11.7 Å². The smallest absolute Gasteiger partial charge is 0.319 e. The van der Waals surface area contributed by atoms with Gasteiger partial charge in [-0.15, -0.1) is 0 Å². The Morgan fingerprint density at radius 2 is 2.07 bits per heavy atom. The van der Waals surface area contributed by atoms with Gasteiger partial charge in [0.05, 0.1) is 11.2 Å². The molecule has 2 aliphatic rings. The van der Waals surface area contributed by atoms with Gasteiger partial charge in [0.15, 0.2) is 0 Å². The van der Waals surface area contributed by atoms with E-state index in [1.807, 2.05) is 0 Å². The number of rotatable bonds is 5. The van der Waals surface area contributed by atoms with Crippen molar-refractivity contribution in [2.75, 3.05) is 5.32 Å². The summed E-state index contributed by atoms with van der Waals surface area (Å²) in [7, 11) is 0. The van der Waals surface area contributed by atoms with E-state index in [2.05, 4.69) is 20.6 Å². The molecule has 3 atom stereocenters. The van der Waals surface area contributed by atoms with Crippen LogP contribution in [0.5, 0.6) is 17.4 Å². The van der Waals surface area contributed by atoms with E-state index in [1.165, 1.54) is 12.4 Å². The minimum atomic E-state index is -0.852. The van der Waals surface area contributed by atoms with E-state index >= 15 is 0 Å². The van der Waals surface area contributed by atoms with Gasteiger partial charge in [0.25, 0.3) is 0 Å². The van der Waals surface area contributed by atoms with Crippen LogP contribution in [0, 0.1) is 17.6 Å². The summed E-state index contributed by atoms with van der Waals surface area (Å²) in [4.78, 5) is 20.1. The maximum absolute atomic E-state index is 13.7. The molecule has 3 N–H and O–H groups in total. The zero-order valence-corrected chi connectivity index (χ0v) is 15.5. The fraction of sp³-hybridized carbons (Fsp3) is 0.190. The lowest BCUT2D eigenvalue weighted by Crippen LogP contribution is -2.36. The molecule has 0 spiro atoms. The van der Waals surface area contributed by atoms with Crippen LogP contribution >= 0.6 is 0 Å². The highest BCUT2D eigenvalue weighted by molar-refractivity contribution is 5.91. The largest absolute Gasteiger partial charge is 0.508 e. The quantitative estimate of drug-likeness (QED) is 0.592. The molecule has 0 saturated heterocycles. The number of fused-ring (bicyclic) bond motifs is 1. The van der Waals surface area contributed by atoms with Crippen LogP contribution in [-0.4, -0.2) is 26.6 Å². The highest BCUT2D eigenvalue weighted by Crippen LogP contribution is 2.77. The molecular weight excluding hydrogens is 394 g/mol. The van der Waals surface area contributed by atoms with Crippen molar-refractivity contribution in [3.05, 3.63) is 72.2 Å². The summed E-state index contributed by atoms with van der Waals surface area (Å²) >= 11 is 0. The number of hydrogen-bond acceptors (Lipinski definition) is 5. The van der Waals surface area contributed by atoms with Gasteiger partial charge in [0.2, 0.25) is 5.88 Å². The zero-order valence-electron chi connectivity index (χ0n) is 15.5. The fourth-order valence-electron chi connectivity index (χ4n) is 3.88. The number of phenols is 1. The van der Waals surface area contributed by atoms with E-state index in [1.54, 1.807) is 24.4 Å². The van der Waals surface area contributed by atoms with E-state index < -0.39 is 23.2 Å². The zero-order chi connectivity index (χ0) is 20.9. The number of hydrogen-bond donors (Lipinski definition) is 3. The minimum Gasteiger partial charge on any atom is -0.508 e. The molecule has 2 fully saturated rings. The lowest BCUT2D eigenvalue weighted by Gasteiger charge is -2.17. The molecule has 2 aromatic carbocycles. The predicted molar refractivity (Wildman–Crippen MR) is 102 cm³/mol. The summed E-state index contributed by atoms with van der Waals surface area (Å²) in [5.74, 6) is -0.488. The molecule has 2 saturated carbocycles. The van der Waals surface area contributed by atoms with Gasteiger partial charge in [0.1, 0.15) is 29.5 Å². The Kier molecular flexibility index (Phi) is 4.05. The molecule has 152 valence electrons. The molecule has 7 nitrogen and oxygen atoms in total. The standard InChI is InChI=1S/C21H16F2N4O3/c22-11-1-3-16(15(23)7-11)26-20(29)27-21-9-14(21)19(21)13-8-12(2-4-17(13)28)30-18-5-6-24-10-25-18/h1-8,10,14,19,28H,9H2,(H2,26,27,29)/t14-,19+,21-/m0/s1. The van der Waals surface area contributed by atoms with Gasteiger partial charge in [-0.2, -0.15) is 0 Å². The van der Waals surface area contributed by atoms with Crippen molar-refractivity contribution in [2.45, 2.75) is 17.9 Å². The second kappa shape index (κ2) is 6.65. The van der Waals surface area contributed by atoms with Crippen molar-refractivity contribution in [3.8, 4) is 17.4 Å². The number of amides is 2. The molecule has 0 unspecified atom stereocenters. The van der Waals surface area contributed by atoms with Crippen molar-refractivity contribution < 1.29 is 23.4 Å². The van der Waals surface area contributed by atoms with E-state index in [-0.39, 0.29) is 23.3 Å². The van der Waals surface area contributed by atoms with Crippen LogP contribution in [0.2, 0.25) is 0 Å². The second-order valence-electron chi connectivity index (χ2n) is 7.40. The highest BCUT2D eigenvalue weighted by atomic mass is 19.1. The topological polar surface area (TPSA) is 96.4 Å². The first-order valence-corrected chi connectivity index (χ1v) is 9.27. The summed E-state index contributed by atoms with van der Waals surface area (Å²) < 4.78 is 32.4. The Labute approximate surface area is 169 Å². The maximum Gasteiger partial charge on any atom is 0.319 e. The minimum absolute atomic E-state index is 0.0738. The SMILES string of the molecule is O=C(Nc1ccc(F)cc1F)N[C@@]12C[C@H]1[C@H]2c1cc(Oc2ccncn2)ccc1O. The number of aromatic nitrogens is 2. The van der Waals surface area contributed by atoms with Gasteiger partial charge in [-0.05, 0) is 42.7 Å². The predicted octanol–water partition coefficient (Wildman–Crippen LogP) is 3.93. The van der Waals surface area contributed by atoms with Gasteiger partial charge in [-0.1, -0.05) is 0 Å². The average Bonchev–Trinajstić information content (AvgIpc) is 3.57. The van der Waals surface area contributed by atoms with Crippen LogP contribution in [0.25, 0.3) is 0 Å². The first-order valence-electron chi connectivity index (χ1n) is 9.27. The van der Waals surface area contributed by atoms with E-state index in [0.717, 1.165) is 18.6 Å². The lowest BCUT2D eigenvalue weighted by molar-refractivity contribution is 0.249. The van der Waals surface area contributed by atoms with Crippen molar-refractivity contribution in [2.24, 2.45) is 5.92 Å². The van der Waals surface area contributed by atoms with Crippen molar-refractivity contribution in [1.82, 2.24) is 15.3 Å². The molecule has 5 rings (SSSR count). The van der Waals surface area contributed by atoms with Gasteiger partial charge < -0.3 is 20.5 Å². The fourth-order valence-corrected chi connectivity index (χ4v) is 3.88. The molecule has 2 aliphatic carbocycles. The van der Waals surface area contributed by atoms with Crippen LogP contribution in [0.1, 0.15) is 17.9 Å². The monoisotopic (exact) mass is 410 g/mol. The summed E-state index contributed by atoms with van der Waals surface area (Å²) in [6.45, 7) is 0. The second-order valence-corrected chi connectivity index (χ2v) is 7.40. The number of phenolic OH excluding ortho intramolecular Hbond substituents is 1. The Morgan fingerprint density at radius 1 is 1.20 bits per heavy atom. The summed E-state index contributed by atoms with van der Waals surface area (Å²) in [5, 5.41) is 15.6. The molecule has 2 amide bonds. The number of nitrogens with zero attached hydrogens (tertiary/aromatic N) is 2. The molecule has 30 heavy (non-hydrogen) atoms. The average molecular weight is 410 g/mol. The van der Waals surface area contributed by atoms with E-state index in [0.29, 0.717) is 23.3 Å². The molecular formula is C21H16F2N4O3. The van der Waals surface area contributed by atoms with Gasteiger partial charge in [-0.25, -0.2) is 23.5 Å². The third-order valence-electron chi connectivity index (χ3n) is 5.54. The summed E-state index contributed by atoms with van der Waals surface area (Å²) in [5.41, 5.74) is 0.0693. The van der Waals surface area contributed by atoms with Gasteiger partial charge in [0, 0.05) is 29.8 Å². The number of nitrogens with one attached hydrogen (secondary N) is 2. The van der Waals surface area contributed by atoms with Crippen LogP contribution in [0.3, 0.4) is 0 Å². The highest BCUT2D eigenvalue weighted by Gasteiger charge is 2.80. The number of halogens is 2. The number of anilines is 1. The molecule has 1 heterocycles. The molecule has 1 aromatic heterocycles. The van der Waals surface area contributed by atoms with E-state index in [9.17, 15) is 18.7 Å². The Bertz CT molecular complexity index is 1140. The Hall–Kier alpha value is -3.75. The molecule has 0 bridgehead atoms. The first-order chi connectivity index (χ1) is 14.5. The van der Waals surface area contributed by atoms with Crippen LogP contribution in [0.4, 0.5) is 19.3 Å². The number of urea groups is 1. The molecule has 3 aromatic rings. The van der Waals surface area contributed by atoms with Crippen LogP contribution < -0.4 is 15.4 Å².